The van der Waals surface area contributed by atoms with E-state index in [-0.39, 0.29) is 17.9 Å². The van der Waals surface area contributed by atoms with Crippen LogP contribution in [0.5, 0.6) is 0 Å². The average Bonchev–Trinajstić information content (AvgIpc) is 2.99. The number of amides is 2. The second-order valence-electron chi connectivity index (χ2n) is 9.70. The van der Waals surface area contributed by atoms with Crippen molar-refractivity contribution >= 4 is 50.7 Å². The van der Waals surface area contributed by atoms with Gasteiger partial charge in [0.2, 0.25) is 11.8 Å². The van der Waals surface area contributed by atoms with E-state index in [0.29, 0.717) is 21.3 Å². The van der Waals surface area contributed by atoms with Gasteiger partial charge < -0.3 is 10.2 Å². The van der Waals surface area contributed by atoms with Gasteiger partial charge in [0.1, 0.15) is 12.6 Å². The Morgan fingerprint density at radius 2 is 1.38 bits per heavy atom. The fraction of sp³-hybridized carbons (Fsp3) is 0.188. The van der Waals surface area contributed by atoms with E-state index in [0.717, 1.165) is 15.4 Å². The summed E-state index contributed by atoms with van der Waals surface area (Å²) >= 11 is 13.0. The molecule has 4 rings (SSSR count). The van der Waals surface area contributed by atoms with Crippen LogP contribution in [0.1, 0.15) is 16.7 Å². The standard InChI is InChI=1S/C32H31Cl2N3O4S/c1-23-16-18-26(19-17-23)42(40,41)37(25-12-7-4-8-13-25)22-31(38)36(21-27-28(33)14-9-15-29(27)34)30(32(39)35-2)20-24-10-5-3-6-11-24/h3-19,30H,20-22H2,1-2H3,(H,35,39)/t30-/m1/s1. The first-order valence-electron chi connectivity index (χ1n) is 13.2. The predicted octanol–water partition coefficient (Wildman–Crippen LogP) is 5.88. The first kappa shape index (κ1) is 31.1. The molecule has 0 aliphatic rings. The van der Waals surface area contributed by atoms with Gasteiger partial charge in [0.15, 0.2) is 0 Å². The molecule has 0 radical (unpaired) electrons. The summed E-state index contributed by atoms with van der Waals surface area (Å²) in [6, 6.07) is 28.1. The number of carbonyl (C=O) groups excluding carboxylic acids is 2. The minimum absolute atomic E-state index is 0.0394. The van der Waals surface area contributed by atoms with Gasteiger partial charge in [-0.2, -0.15) is 0 Å². The molecule has 42 heavy (non-hydrogen) atoms. The Morgan fingerprint density at radius 1 is 0.810 bits per heavy atom. The molecule has 1 atom stereocenters. The molecule has 0 saturated heterocycles. The van der Waals surface area contributed by atoms with Crippen molar-refractivity contribution in [3.63, 3.8) is 0 Å². The molecule has 0 heterocycles. The van der Waals surface area contributed by atoms with Gasteiger partial charge in [-0.25, -0.2) is 8.42 Å². The number of carbonyl (C=O) groups is 2. The van der Waals surface area contributed by atoms with Crippen molar-refractivity contribution in [2.24, 2.45) is 0 Å². The van der Waals surface area contributed by atoms with Gasteiger partial charge in [-0.1, -0.05) is 95.5 Å². The Labute approximate surface area is 256 Å². The van der Waals surface area contributed by atoms with E-state index >= 15 is 0 Å². The van der Waals surface area contributed by atoms with E-state index in [1.807, 2.05) is 37.3 Å². The van der Waals surface area contributed by atoms with Crippen LogP contribution in [-0.2, 0) is 32.6 Å². The van der Waals surface area contributed by atoms with Crippen molar-refractivity contribution in [3.05, 3.63) is 130 Å². The molecule has 2 amide bonds. The van der Waals surface area contributed by atoms with Gasteiger partial charge in [0.05, 0.1) is 10.6 Å². The van der Waals surface area contributed by atoms with Crippen LogP contribution in [0.15, 0.2) is 108 Å². The zero-order valence-electron chi connectivity index (χ0n) is 23.2. The van der Waals surface area contributed by atoms with Gasteiger partial charge in [-0.05, 0) is 48.9 Å². The van der Waals surface area contributed by atoms with E-state index in [1.54, 1.807) is 60.7 Å². The molecular formula is C32H31Cl2N3O4S. The maximum Gasteiger partial charge on any atom is 0.264 e. The Hall–Kier alpha value is -3.85. The Balaban J connectivity index is 1.80. The SMILES string of the molecule is CNC(=O)[C@@H](Cc1ccccc1)N(Cc1c(Cl)cccc1Cl)C(=O)CN(c1ccccc1)S(=O)(=O)c1ccc(C)cc1. The highest BCUT2D eigenvalue weighted by atomic mass is 35.5. The van der Waals surface area contributed by atoms with Crippen molar-refractivity contribution in [3.8, 4) is 0 Å². The molecular weight excluding hydrogens is 593 g/mol. The lowest BCUT2D eigenvalue weighted by atomic mass is 10.0. The number of nitrogens with zero attached hydrogens (tertiary/aromatic N) is 2. The van der Waals surface area contributed by atoms with Gasteiger partial charge in [0.25, 0.3) is 10.0 Å². The van der Waals surface area contributed by atoms with Gasteiger partial charge in [-0.15, -0.1) is 0 Å². The Kier molecular flexibility index (Phi) is 10.3. The number of anilines is 1. The molecule has 10 heteroatoms. The lowest BCUT2D eigenvalue weighted by Crippen LogP contribution is -2.53. The molecule has 0 bridgehead atoms. The molecule has 0 fully saturated rings. The molecule has 4 aromatic carbocycles. The summed E-state index contributed by atoms with van der Waals surface area (Å²) < 4.78 is 29.0. The number of sulfonamides is 1. The smallest absolute Gasteiger partial charge is 0.264 e. The summed E-state index contributed by atoms with van der Waals surface area (Å²) in [5, 5.41) is 3.30. The minimum atomic E-state index is -4.17. The molecule has 0 saturated carbocycles. The highest BCUT2D eigenvalue weighted by Crippen LogP contribution is 2.29. The van der Waals surface area contributed by atoms with Crippen LogP contribution in [0, 0.1) is 6.92 Å². The van der Waals surface area contributed by atoms with Crippen LogP contribution >= 0.6 is 23.2 Å². The van der Waals surface area contributed by atoms with Crippen LogP contribution < -0.4 is 9.62 Å². The van der Waals surface area contributed by atoms with E-state index < -0.39 is 34.4 Å². The quantitative estimate of drug-likeness (QED) is 0.226. The van der Waals surface area contributed by atoms with E-state index in [1.165, 1.54) is 24.1 Å². The van der Waals surface area contributed by atoms with Gasteiger partial charge >= 0.3 is 0 Å². The second kappa shape index (κ2) is 13.9. The zero-order chi connectivity index (χ0) is 30.3. The van der Waals surface area contributed by atoms with Crippen LogP contribution in [0.25, 0.3) is 0 Å². The molecule has 4 aromatic rings. The summed E-state index contributed by atoms with van der Waals surface area (Å²) in [4.78, 5) is 29.0. The van der Waals surface area contributed by atoms with Crippen molar-refractivity contribution in [2.75, 3.05) is 17.9 Å². The minimum Gasteiger partial charge on any atom is -0.357 e. The summed E-state index contributed by atoms with van der Waals surface area (Å²) in [5.41, 5.74) is 2.47. The summed E-state index contributed by atoms with van der Waals surface area (Å²) in [7, 11) is -2.68. The third kappa shape index (κ3) is 7.31. The maximum absolute atomic E-state index is 14.3. The highest BCUT2D eigenvalue weighted by molar-refractivity contribution is 7.92. The maximum atomic E-state index is 14.3. The summed E-state index contributed by atoms with van der Waals surface area (Å²) in [6.45, 7) is 1.18. The van der Waals surface area contributed by atoms with Crippen LogP contribution in [0.4, 0.5) is 5.69 Å². The van der Waals surface area contributed by atoms with Gasteiger partial charge in [-0.3, -0.25) is 13.9 Å². The largest absolute Gasteiger partial charge is 0.357 e. The zero-order valence-corrected chi connectivity index (χ0v) is 25.5. The predicted molar refractivity (Wildman–Crippen MR) is 167 cm³/mol. The number of hydrogen-bond donors (Lipinski definition) is 1. The van der Waals surface area contributed by atoms with Crippen LogP contribution in [0.3, 0.4) is 0 Å². The second-order valence-corrected chi connectivity index (χ2v) is 12.4. The van der Waals surface area contributed by atoms with Crippen molar-refractivity contribution in [1.82, 2.24) is 10.2 Å². The van der Waals surface area contributed by atoms with E-state index in [4.69, 9.17) is 23.2 Å². The van der Waals surface area contributed by atoms with Crippen molar-refractivity contribution < 1.29 is 18.0 Å². The molecule has 0 aliphatic carbocycles. The topological polar surface area (TPSA) is 86.8 Å². The lowest BCUT2D eigenvalue weighted by Gasteiger charge is -2.34. The van der Waals surface area contributed by atoms with Crippen molar-refractivity contribution in [1.29, 1.82) is 0 Å². The third-order valence-electron chi connectivity index (χ3n) is 6.84. The normalized spacial score (nSPS) is 11.9. The summed E-state index contributed by atoms with van der Waals surface area (Å²) in [6.07, 6.45) is 0.185. The first-order valence-corrected chi connectivity index (χ1v) is 15.4. The number of rotatable bonds is 11. The number of likely N-dealkylation sites (N-methyl/N-ethyl adjacent to an activating group) is 1. The number of hydrogen-bond acceptors (Lipinski definition) is 4. The van der Waals surface area contributed by atoms with E-state index in [2.05, 4.69) is 5.32 Å². The Morgan fingerprint density at radius 3 is 1.95 bits per heavy atom. The number of aryl methyl sites for hydroxylation is 1. The van der Waals surface area contributed by atoms with Crippen LogP contribution in [0.2, 0.25) is 10.0 Å². The molecule has 0 unspecified atom stereocenters. The highest BCUT2D eigenvalue weighted by Gasteiger charge is 2.34. The average molecular weight is 625 g/mol. The number of halogens is 2. The van der Waals surface area contributed by atoms with Gasteiger partial charge in [0, 0.05) is 35.6 Å². The van der Waals surface area contributed by atoms with Crippen molar-refractivity contribution in [2.45, 2.75) is 30.8 Å². The summed E-state index contributed by atoms with van der Waals surface area (Å²) in [5.74, 6) is -1.02. The molecule has 0 aliphatic heterocycles. The van der Waals surface area contributed by atoms with E-state index in [9.17, 15) is 18.0 Å². The third-order valence-corrected chi connectivity index (χ3v) is 9.34. The number of nitrogens with one attached hydrogen (secondary N) is 1. The monoisotopic (exact) mass is 623 g/mol. The fourth-order valence-electron chi connectivity index (χ4n) is 4.53. The lowest BCUT2D eigenvalue weighted by molar-refractivity contribution is -0.139. The molecule has 218 valence electrons. The molecule has 0 aromatic heterocycles. The first-order chi connectivity index (χ1) is 20.1. The molecule has 0 spiro atoms. The fourth-order valence-corrected chi connectivity index (χ4v) is 6.47. The Bertz CT molecular complexity index is 1610. The number of para-hydroxylation sites is 1. The molecule has 1 N–H and O–H groups in total. The number of benzene rings is 4. The van der Waals surface area contributed by atoms with Crippen LogP contribution in [-0.4, -0.2) is 44.8 Å². The molecule has 7 nitrogen and oxygen atoms in total.